The summed E-state index contributed by atoms with van der Waals surface area (Å²) in [7, 11) is 0. The van der Waals surface area contributed by atoms with Crippen LogP contribution in [0.4, 0.5) is 0 Å². The van der Waals surface area contributed by atoms with E-state index in [2.05, 4.69) is 5.32 Å². The Balaban J connectivity index is 1.48. The SMILES string of the molecule is CC[C@H](C(=O)NC1CCCC1)N(Cc1cccc(C)c1)C(=O)CCN1C(=O)[C@H]2CC=CC[C@H]2C1=O. The second kappa shape index (κ2) is 11.2. The van der Waals surface area contributed by atoms with Crippen LogP contribution in [0.15, 0.2) is 36.4 Å². The van der Waals surface area contributed by atoms with Crippen molar-refractivity contribution in [2.75, 3.05) is 6.54 Å². The van der Waals surface area contributed by atoms with E-state index in [1.165, 1.54) is 4.90 Å². The number of carbonyl (C=O) groups excluding carboxylic acids is 4. The topological polar surface area (TPSA) is 86.8 Å². The van der Waals surface area contributed by atoms with Crippen molar-refractivity contribution in [1.82, 2.24) is 15.1 Å². The molecule has 0 bridgehead atoms. The monoisotopic (exact) mass is 479 g/mol. The van der Waals surface area contributed by atoms with Crippen molar-refractivity contribution in [3.63, 3.8) is 0 Å². The van der Waals surface area contributed by atoms with Crippen LogP contribution in [-0.4, -0.2) is 52.1 Å². The Bertz CT molecular complexity index is 972. The van der Waals surface area contributed by atoms with E-state index in [0.29, 0.717) is 25.8 Å². The van der Waals surface area contributed by atoms with Crippen molar-refractivity contribution in [3.05, 3.63) is 47.5 Å². The van der Waals surface area contributed by atoms with E-state index in [4.69, 9.17) is 0 Å². The zero-order valence-corrected chi connectivity index (χ0v) is 20.9. The number of nitrogens with one attached hydrogen (secondary N) is 1. The molecule has 7 nitrogen and oxygen atoms in total. The van der Waals surface area contributed by atoms with Gasteiger partial charge in [0, 0.05) is 25.6 Å². The van der Waals surface area contributed by atoms with Crippen LogP contribution < -0.4 is 5.32 Å². The minimum Gasteiger partial charge on any atom is -0.352 e. The van der Waals surface area contributed by atoms with Gasteiger partial charge >= 0.3 is 0 Å². The molecule has 0 unspecified atom stereocenters. The number of allylic oxidation sites excluding steroid dienone is 2. The smallest absolute Gasteiger partial charge is 0.243 e. The summed E-state index contributed by atoms with van der Waals surface area (Å²) in [5, 5.41) is 3.15. The Morgan fingerprint density at radius 1 is 1.09 bits per heavy atom. The summed E-state index contributed by atoms with van der Waals surface area (Å²) in [6.07, 6.45) is 9.77. The van der Waals surface area contributed by atoms with Gasteiger partial charge < -0.3 is 10.2 Å². The summed E-state index contributed by atoms with van der Waals surface area (Å²) >= 11 is 0. The molecule has 3 atom stereocenters. The highest BCUT2D eigenvalue weighted by Gasteiger charge is 2.47. The van der Waals surface area contributed by atoms with Crippen LogP contribution in [0.25, 0.3) is 0 Å². The molecule has 1 heterocycles. The van der Waals surface area contributed by atoms with E-state index in [1.54, 1.807) is 4.90 Å². The Kier molecular flexibility index (Phi) is 8.04. The van der Waals surface area contributed by atoms with Gasteiger partial charge in [-0.25, -0.2) is 0 Å². The van der Waals surface area contributed by atoms with Crippen molar-refractivity contribution in [3.8, 4) is 0 Å². The van der Waals surface area contributed by atoms with E-state index in [-0.39, 0.29) is 54.5 Å². The number of likely N-dealkylation sites (tertiary alicyclic amines) is 1. The van der Waals surface area contributed by atoms with Crippen LogP contribution in [0, 0.1) is 18.8 Å². The lowest BCUT2D eigenvalue weighted by Crippen LogP contribution is -2.51. The van der Waals surface area contributed by atoms with E-state index < -0.39 is 6.04 Å². The number of carbonyl (C=O) groups is 4. The molecule has 188 valence electrons. The summed E-state index contributed by atoms with van der Waals surface area (Å²) in [5.74, 6) is -1.28. The van der Waals surface area contributed by atoms with Crippen molar-refractivity contribution in [2.45, 2.75) is 83.8 Å². The number of aryl methyl sites for hydroxylation is 1. The maximum atomic E-state index is 13.5. The van der Waals surface area contributed by atoms with Crippen molar-refractivity contribution in [1.29, 1.82) is 0 Å². The van der Waals surface area contributed by atoms with Crippen molar-refractivity contribution >= 4 is 23.6 Å². The zero-order valence-electron chi connectivity index (χ0n) is 20.9. The highest BCUT2D eigenvalue weighted by atomic mass is 16.2. The molecule has 1 saturated carbocycles. The van der Waals surface area contributed by atoms with Gasteiger partial charge in [0.25, 0.3) is 0 Å². The fraction of sp³-hybridized carbons (Fsp3) is 0.571. The molecule has 2 fully saturated rings. The maximum absolute atomic E-state index is 13.5. The molecule has 4 amide bonds. The number of benzene rings is 1. The number of hydrogen-bond acceptors (Lipinski definition) is 4. The van der Waals surface area contributed by atoms with E-state index in [1.807, 2.05) is 50.3 Å². The summed E-state index contributed by atoms with van der Waals surface area (Å²) in [5.41, 5.74) is 2.04. The van der Waals surface area contributed by atoms with Gasteiger partial charge in [0.1, 0.15) is 6.04 Å². The third-order valence-corrected chi connectivity index (χ3v) is 7.67. The molecule has 0 spiro atoms. The molecule has 2 aliphatic carbocycles. The summed E-state index contributed by atoms with van der Waals surface area (Å²) in [4.78, 5) is 55.4. The number of hydrogen-bond donors (Lipinski definition) is 1. The van der Waals surface area contributed by atoms with Crippen LogP contribution in [0.2, 0.25) is 0 Å². The minimum absolute atomic E-state index is 0.0172. The van der Waals surface area contributed by atoms with Crippen molar-refractivity contribution in [2.24, 2.45) is 11.8 Å². The van der Waals surface area contributed by atoms with Crippen LogP contribution in [-0.2, 0) is 25.7 Å². The summed E-state index contributed by atoms with van der Waals surface area (Å²) in [6.45, 7) is 4.29. The first-order valence-electron chi connectivity index (χ1n) is 13.0. The van der Waals surface area contributed by atoms with Gasteiger partial charge in [-0.1, -0.05) is 61.7 Å². The molecule has 4 rings (SSSR count). The Morgan fingerprint density at radius 2 is 1.74 bits per heavy atom. The molecule has 0 aromatic heterocycles. The van der Waals surface area contributed by atoms with Crippen molar-refractivity contribution < 1.29 is 19.2 Å². The fourth-order valence-electron chi connectivity index (χ4n) is 5.73. The van der Waals surface area contributed by atoms with Gasteiger partial charge in [-0.05, 0) is 44.6 Å². The average molecular weight is 480 g/mol. The van der Waals surface area contributed by atoms with Gasteiger partial charge in [0.05, 0.1) is 11.8 Å². The lowest BCUT2D eigenvalue weighted by Gasteiger charge is -2.32. The molecule has 1 aromatic carbocycles. The van der Waals surface area contributed by atoms with Gasteiger partial charge in [0.2, 0.25) is 23.6 Å². The second-order valence-corrected chi connectivity index (χ2v) is 10.2. The number of rotatable bonds is 9. The van der Waals surface area contributed by atoms with Gasteiger partial charge in [0.15, 0.2) is 0 Å². The summed E-state index contributed by atoms with van der Waals surface area (Å²) in [6, 6.07) is 7.50. The van der Waals surface area contributed by atoms with Crippen LogP contribution in [0.1, 0.15) is 69.4 Å². The van der Waals surface area contributed by atoms with Gasteiger partial charge in [-0.15, -0.1) is 0 Å². The lowest BCUT2D eigenvalue weighted by molar-refractivity contribution is -0.144. The molecular weight excluding hydrogens is 442 g/mol. The predicted octanol–water partition coefficient (Wildman–Crippen LogP) is 3.50. The van der Waals surface area contributed by atoms with Crippen LogP contribution >= 0.6 is 0 Å². The summed E-state index contributed by atoms with van der Waals surface area (Å²) < 4.78 is 0. The normalized spacial score (nSPS) is 22.9. The number of amides is 4. The zero-order chi connectivity index (χ0) is 24.9. The molecular formula is C28H37N3O4. The molecule has 35 heavy (non-hydrogen) atoms. The predicted molar refractivity (Wildman–Crippen MR) is 133 cm³/mol. The molecule has 1 saturated heterocycles. The third-order valence-electron chi connectivity index (χ3n) is 7.67. The Hall–Kier alpha value is -2.96. The lowest BCUT2D eigenvalue weighted by atomic mass is 9.85. The molecule has 3 aliphatic rings. The molecule has 1 N–H and O–H groups in total. The molecule has 1 aromatic rings. The van der Waals surface area contributed by atoms with Crippen LogP contribution in [0.3, 0.4) is 0 Å². The first kappa shape index (κ1) is 25.1. The highest BCUT2D eigenvalue weighted by molar-refractivity contribution is 6.05. The average Bonchev–Trinajstić information content (AvgIpc) is 3.44. The fourth-order valence-corrected chi connectivity index (χ4v) is 5.73. The largest absolute Gasteiger partial charge is 0.352 e. The highest BCUT2D eigenvalue weighted by Crippen LogP contribution is 2.35. The second-order valence-electron chi connectivity index (χ2n) is 10.2. The first-order valence-corrected chi connectivity index (χ1v) is 13.0. The first-order chi connectivity index (χ1) is 16.9. The quantitative estimate of drug-likeness (QED) is 0.434. The molecule has 7 heteroatoms. The maximum Gasteiger partial charge on any atom is 0.243 e. The molecule has 1 aliphatic heterocycles. The van der Waals surface area contributed by atoms with E-state index >= 15 is 0 Å². The van der Waals surface area contributed by atoms with E-state index in [9.17, 15) is 19.2 Å². The number of fused-ring (bicyclic) bond motifs is 1. The van der Waals surface area contributed by atoms with E-state index in [0.717, 1.165) is 36.8 Å². The van der Waals surface area contributed by atoms with Gasteiger partial charge in [-0.3, -0.25) is 24.1 Å². The molecule has 0 radical (unpaired) electrons. The Morgan fingerprint density at radius 3 is 2.34 bits per heavy atom. The van der Waals surface area contributed by atoms with Crippen LogP contribution in [0.5, 0.6) is 0 Å². The number of nitrogens with zero attached hydrogens (tertiary/aromatic N) is 2. The van der Waals surface area contributed by atoms with Gasteiger partial charge in [-0.2, -0.15) is 0 Å². The standard InChI is InChI=1S/C28H37N3O4/c1-3-24(26(33)29-21-11-4-5-12-21)31(18-20-10-8-9-19(2)17-20)25(32)15-16-30-27(34)22-13-6-7-14-23(22)28(30)35/h6-10,17,21-24H,3-5,11-16,18H2,1-2H3,(H,29,33)/t22-,23+,24-/m1/s1. The Labute approximate surface area is 207 Å². The minimum atomic E-state index is -0.597. The number of imide groups is 1. The third kappa shape index (κ3) is 5.65.